The van der Waals surface area contributed by atoms with Crippen LogP contribution in [0.1, 0.15) is 51.6 Å². The van der Waals surface area contributed by atoms with Crippen molar-refractivity contribution < 1.29 is 0 Å². The van der Waals surface area contributed by atoms with Crippen molar-refractivity contribution in [2.24, 2.45) is 5.92 Å². The van der Waals surface area contributed by atoms with Gasteiger partial charge >= 0.3 is 0 Å². The van der Waals surface area contributed by atoms with Gasteiger partial charge in [-0.25, -0.2) is 0 Å². The lowest BCUT2D eigenvalue weighted by atomic mass is 9.89. The molecule has 0 spiro atoms. The highest BCUT2D eigenvalue weighted by Gasteiger charge is 2.24. The van der Waals surface area contributed by atoms with Crippen LogP contribution in [0.4, 0.5) is 0 Å². The van der Waals surface area contributed by atoms with Gasteiger partial charge in [0.25, 0.3) is 0 Å². The minimum Gasteiger partial charge on any atom is -0.307 e. The number of hydrogen-bond acceptors (Lipinski definition) is 3. The highest BCUT2D eigenvalue weighted by molar-refractivity contribution is 5.13. The Balaban J connectivity index is 1.79. The van der Waals surface area contributed by atoms with Gasteiger partial charge in [-0.05, 0) is 70.3 Å². The number of piperidine rings is 1. The summed E-state index contributed by atoms with van der Waals surface area (Å²) in [6, 6.07) is 5.13. The summed E-state index contributed by atoms with van der Waals surface area (Å²) in [5, 5.41) is 3.75. The van der Waals surface area contributed by atoms with Gasteiger partial charge in [-0.3, -0.25) is 4.98 Å². The standard InChI is InChI=1S/C17H29N3/c1-4-10-20-11-7-16(8-12-20)14(2)19-15(3)17-6-5-9-18-13-17/h5-6,9,13-16,19H,4,7-8,10-12H2,1-3H3. The van der Waals surface area contributed by atoms with E-state index in [1.807, 2.05) is 18.5 Å². The SMILES string of the molecule is CCCN1CCC(C(C)NC(C)c2cccnc2)CC1. The van der Waals surface area contributed by atoms with Crippen molar-refractivity contribution in [2.45, 2.75) is 52.1 Å². The van der Waals surface area contributed by atoms with Gasteiger partial charge in [0.2, 0.25) is 0 Å². The second kappa shape index (κ2) is 7.75. The zero-order chi connectivity index (χ0) is 14.4. The van der Waals surface area contributed by atoms with Gasteiger partial charge in [0, 0.05) is 24.5 Å². The molecule has 20 heavy (non-hydrogen) atoms. The quantitative estimate of drug-likeness (QED) is 0.864. The van der Waals surface area contributed by atoms with Crippen LogP contribution in [-0.4, -0.2) is 35.6 Å². The molecule has 112 valence electrons. The molecule has 1 aromatic heterocycles. The number of nitrogens with zero attached hydrogens (tertiary/aromatic N) is 2. The van der Waals surface area contributed by atoms with Crippen LogP contribution in [-0.2, 0) is 0 Å². The number of hydrogen-bond donors (Lipinski definition) is 1. The lowest BCUT2D eigenvalue weighted by molar-refractivity contribution is 0.159. The Kier molecular flexibility index (Phi) is 5.99. The van der Waals surface area contributed by atoms with E-state index in [1.165, 1.54) is 44.5 Å². The second-order valence-electron chi connectivity index (χ2n) is 6.14. The molecule has 0 amide bonds. The highest BCUT2D eigenvalue weighted by atomic mass is 15.1. The first-order chi connectivity index (χ1) is 9.70. The Labute approximate surface area is 123 Å². The number of rotatable bonds is 6. The molecule has 1 aromatic rings. The molecule has 2 rings (SSSR count). The predicted octanol–water partition coefficient (Wildman–Crippen LogP) is 3.24. The van der Waals surface area contributed by atoms with Gasteiger partial charge < -0.3 is 10.2 Å². The van der Waals surface area contributed by atoms with Crippen LogP contribution >= 0.6 is 0 Å². The third-order valence-corrected chi connectivity index (χ3v) is 4.58. The van der Waals surface area contributed by atoms with E-state index in [1.54, 1.807) is 0 Å². The molecule has 0 radical (unpaired) electrons. The first kappa shape index (κ1) is 15.5. The molecular weight excluding hydrogens is 246 g/mol. The Morgan fingerprint density at radius 3 is 2.70 bits per heavy atom. The molecule has 0 bridgehead atoms. The van der Waals surface area contributed by atoms with E-state index in [0.29, 0.717) is 12.1 Å². The monoisotopic (exact) mass is 275 g/mol. The van der Waals surface area contributed by atoms with Crippen LogP contribution in [0.25, 0.3) is 0 Å². The average Bonchev–Trinajstić information content (AvgIpc) is 2.49. The Morgan fingerprint density at radius 2 is 2.10 bits per heavy atom. The molecule has 0 saturated carbocycles. The number of aromatic nitrogens is 1. The van der Waals surface area contributed by atoms with E-state index in [4.69, 9.17) is 0 Å². The lowest BCUT2D eigenvalue weighted by Crippen LogP contribution is -2.42. The summed E-state index contributed by atoms with van der Waals surface area (Å²) in [7, 11) is 0. The molecule has 1 N–H and O–H groups in total. The van der Waals surface area contributed by atoms with Crippen molar-refractivity contribution in [1.29, 1.82) is 0 Å². The molecule has 2 unspecified atom stereocenters. The third-order valence-electron chi connectivity index (χ3n) is 4.58. The summed E-state index contributed by atoms with van der Waals surface area (Å²) < 4.78 is 0. The van der Waals surface area contributed by atoms with E-state index in [2.05, 4.69) is 42.0 Å². The van der Waals surface area contributed by atoms with Crippen LogP contribution in [0.3, 0.4) is 0 Å². The van der Waals surface area contributed by atoms with Crippen molar-refractivity contribution in [3.05, 3.63) is 30.1 Å². The molecule has 0 aliphatic carbocycles. The predicted molar refractivity (Wildman–Crippen MR) is 84.7 cm³/mol. The van der Waals surface area contributed by atoms with E-state index in [9.17, 15) is 0 Å². The van der Waals surface area contributed by atoms with Gasteiger partial charge in [-0.15, -0.1) is 0 Å². The minimum absolute atomic E-state index is 0.382. The summed E-state index contributed by atoms with van der Waals surface area (Å²) in [6.45, 7) is 10.6. The molecule has 3 heteroatoms. The molecular formula is C17H29N3. The van der Waals surface area contributed by atoms with Crippen molar-refractivity contribution >= 4 is 0 Å². The minimum atomic E-state index is 0.382. The fourth-order valence-corrected chi connectivity index (χ4v) is 3.25. The maximum absolute atomic E-state index is 4.21. The normalized spacial score (nSPS) is 20.8. The summed E-state index contributed by atoms with van der Waals surface area (Å²) in [4.78, 5) is 6.81. The maximum atomic E-state index is 4.21. The van der Waals surface area contributed by atoms with Crippen molar-refractivity contribution in [3.63, 3.8) is 0 Å². The maximum Gasteiger partial charge on any atom is 0.0315 e. The summed E-state index contributed by atoms with van der Waals surface area (Å²) in [5.41, 5.74) is 1.28. The van der Waals surface area contributed by atoms with Crippen molar-refractivity contribution in [3.8, 4) is 0 Å². The summed E-state index contributed by atoms with van der Waals surface area (Å²) in [6.07, 6.45) is 7.73. The fraction of sp³-hybridized carbons (Fsp3) is 0.706. The zero-order valence-electron chi connectivity index (χ0n) is 13.2. The molecule has 0 aromatic carbocycles. The van der Waals surface area contributed by atoms with Gasteiger partial charge in [0.1, 0.15) is 0 Å². The number of likely N-dealkylation sites (tertiary alicyclic amines) is 1. The Hall–Kier alpha value is -0.930. The van der Waals surface area contributed by atoms with Crippen LogP contribution in [0.15, 0.2) is 24.5 Å². The number of pyridine rings is 1. The Morgan fingerprint density at radius 1 is 1.35 bits per heavy atom. The fourth-order valence-electron chi connectivity index (χ4n) is 3.25. The zero-order valence-corrected chi connectivity index (χ0v) is 13.2. The van der Waals surface area contributed by atoms with Gasteiger partial charge in [-0.1, -0.05) is 13.0 Å². The van der Waals surface area contributed by atoms with E-state index in [0.717, 1.165) is 5.92 Å². The van der Waals surface area contributed by atoms with E-state index >= 15 is 0 Å². The molecule has 1 fully saturated rings. The summed E-state index contributed by atoms with van der Waals surface area (Å²) >= 11 is 0. The van der Waals surface area contributed by atoms with Crippen LogP contribution in [0.2, 0.25) is 0 Å². The Bertz CT molecular complexity index is 371. The second-order valence-corrected chi connectivity index (χ2v) is 6.14. The van der Waals surface area contributed by atoms with Crippen LogP contribution in [0, 0.1) is 5.92 Å². The van der Waals surface area contributed by atoms with E-state index < -0.39 is 0 Å². The van der Waals surface area contributed by atoms with Gasteiger partial charge in [0.05, 0.1) is 0 Å². The topological polar surface area (TPSA) is 28.2 Å². The van der Waals surface area contributed by atoms with E-state index in [-0.39, 0.29) is 0 Å². The molecule has 1 aliphatic heterocycles. The lowest BCUT2D eigenvalue weighted by Gasteiger charge is -2.36. The number of nitrogens with one attached hydrogen (secondary N) is 1. The van der Waals surface area contributed by atoms with Crippen LogP contribution in [0.5, 0.6) is 0 Å². The largest absolute Gasteiger partial charge is 0.307 e. The molecule has 1 saturated heterocycles. The average molecular weight is 275 g/mol. The first-order valence-corrected chi connectivity index (χ1v) is 8.09. The molecule has 3 nitrogen and oxygen atoms in total. The smallest absolute Gasteiger partial charge is 0.0315 e. The molecule has 2 atom stereocenters. The van der Waals surface area contributed by atoms with Gasteiger partial charge in [-0.2, -0.15) is 0 Å². The van der Waals surface area contributed by atoms with Gasteiger partial charge in [0.15, 0.2) is 0 Å². The van der Waals surface area contributed by atoms with Crippen molar-refractivity contribution in [2.75, 3.05) is 19.6 Å². The first-order valence-electron chi connectivity index (χ1n) is 8.09. The van der Waals surface area contributed by atoms with Crippen molar-refractivity contribution in [1.82, 2.24) is 15.2 Å². The summed E-state index contributed by atoms with van der Waals surface area (Å²) in [5.74, 6) is 0.808. The molecule has 1 aliphatic rings. The third kappa shape index (κ3) is 4.29. The van der Waals surface area contributed by atoms with Crippen LogP contribution < -0.4 is 5.32 Å². The molecule has 2 heterocycles. The highest BCUT2D eigenvalue weighted by Crippen LogP contribution is 2.23.